The van der Waals surface area contributed by atoms with E-state index >= 15 is 0 Å². The molecule has 0 aromatic heterocycles. The second-order valence-electron chi connectivity index (χ2n) is 5.26. The lowest BCUT2D eigenvalue weighted by molar-refractivity contribution is -0.124. The highest BCUT2D eigenvalue weighted by Gasteiger charge is 2.40. The van der Waals surface area contributed by atoms with Crippen LogP contribution in [0, 0.1) is 5.41 Å². The Morgan fingerprint density at radius 2 is 1.90 bits per heavy atom. The molecule has 5 nitrogen and oxygen atoms in total. The molecule has 4 N–H and O–H groups in total. The van der Waals surface area contributed by atoms with Crippen molar-refractivity contribution < 1.29 is 14.7 Å². The fourth-order valence-electron chi connectivity index (χ4n) is 2.69. The molecule has 0 heterocycles. The molecule has 1 aromatic rings. The van der Waals surface area contributed by atoms with Crippen LogP contribution in [0.15, 0.2) is 21.1 Å². The zero-order chi connectivity index (χ0) is 15.6. The van der Waals surface area contributed by atoms with Gasteiger partial charge in [0.25, 0.3) is 0 Å². The highest BCUT2D eigenvalue weighted by atomic mass is 79.9. The number of carboxylic acid groups (broad SMARTS) is 1. The largest absolute Gasteiger partial charge is 0.478 e. The topological polar surface area (TPSA) is 92.4 Å². The fraction of sp³-hybridized carbons (Fsp3) is 0.429. The maximum absolute atomic E-state index is 12.6. The zero-order valence-electron chi connectivity index (χ0n) is 11.3. The normalized spacial score (nSPS) is 16.7. The summed E-state index contributed by atoms with van der Waals surface area (Å²) in [4.78, 5) is 23.9. The van der Waals surface area contributed by atoms with Crippen LogP contribution < -0.4 is 11.1 Å². The Kier molecular flexibility index (Phi) is 5.06. The minimum Gasteiger partial charge on any atom is -0.478 e. The van der Waals surface area contributed by atoms with Gasteiger partial charge in [-0.1, -0.05) is 28.8 Å². The van der Waals surface area contributed by atoms with Crippen LogP contribution in [0.5, 0.6) is 0 Å². The molecule has 0 bridgehead atoms. The van der Waals surface area contributed by atoms with Crippen molar-refractivity contribution in [3.8, 4) is 0 Å². The van der Waals surface area contributed by atoms with Crippen molar-refractivity contribution in [3.05, 3.63) is 26.6 Å². The van der Waals surface area contributed by atoms with Crippen LogP contribution in [0.4, 0.5) is 5.69 Å². The number of carbonyl (C=O) groups excluding carboxylic acids is 1. The van der Waals surface area contributed by atoms with Crippen molar-refractivity contribution >= 4 is 49.4 Å². The minimum absolute atomic E-state index is 0.0368. The molecule has 1 fully saturated rings. The molecule has 0 saturated heterocycles. The molecule has 7 heteroatoms. The van der Waals surface area contributed by atoms with E-state index < -0.39 is 11.4 Å². The summed E-state index contributed by atoms with van der Waals surface area (Å²) in [6.45, 7) is 0.273. The van der Waals surface area contributed by atoms with Gasteiger partial charge in [-0.25, -0.2) is 4.79 Å². The quantitative estimate of drug-likeness (QED) is 0.697. The number of hydrogen-bond acceptors (Lipinski definition) is 3. The lowest BCUT2D eigenvalue weighted by atomic mass is 9.85. The van der Waals surface area contributed by atoms with Gasteiger partial charge in [0.15, 0.2) is 0 Å². The van der Waals surface area contributed by atoms with Crippen molar-refractivity contribution in [1.82, 2.24) is 0 Å². The van der Waals surface area contributed by atoms with Crippen LogP contribution >= 0.6 is 31.9 Å². The third kappa shape index (κ3) is 3.30. The Morgan fingerprint density at radius 3 is 2.43 bits per heavy atom. The highest BCUT2D eigenvalue weighted by Crippen LogP contribution is 2.39. The second kappa shape index (κ2) is 6.46. The van der Waals surface area contributed by atoms with E-state index in [9.17, 15) is 14.7 Å². The van der Waals surface area contributed by atoms with Crippen LogP contribution in [0.2, 0.25) is 0 Å². The first-order chi connectivity index (χ1) is 9.89. The maximum Gasteiger partial charge on any atom is 0.337 e. The van der Waals surface area contributed by atoms with Crippen molar-refractivity contribution in [2.24, 2.45) is 11.1 Å². The van der Waals surface area contributed by atoms with E-state index in [0.29, 0.717) is 8.95 Å². The maximum atomic E-state index is 12.6. The molecule has 114 valence electrons. The van der Waals surface area contributed by atoms with Crippen LogP contribution in [0.25, 0.3) is 0 Å². The van der Waals surface area contributed by atoms with Gasteiger partial charge in [0.05, 0.1) is 16.7 Å². The molecule has 1 aromatic carbocycles. The van der Waals surface area contributed by atoms with Gasteiger partial charge in [0, 0.05) is 15.5 Å². The summed E-state index contributed by atoms with van der Waals surface area (Å²) in [5.74, 6) is -1.30. The van der Waals surface area contributed by atoms with Gasteiger partial charge >= 0.3 is 5.97 Å². The standard InChI is InChI=1S/C14H16Br2N2O3/c15-8-5-9(12(19)20)11(10(16)6-8)18-13(21)14(7-17)3-1-2-4-14/h5-6H,1-4,7,17H2,(H,18,21)(H,19,20). The van der Waals surface area contributed by atoms with Gasteiger partial charge < -0.3 is 16.2 Å². The first-order valence-corrected chi connectivity index (χ1v) is 8.22. The Labute approximate surface area is 139 Å². The Morgan fingerprint density at radius 1 is 1.29 bits per heavy atom. The van der Waals surface area contributed by atoms with Gasteiger partial charge in [-0.15, -0.1) is 0 Å². The molecule has 1 saturated carbocycles. The summed E-state index contributed by atoms with van der Waals surface area (Å²) in [5, 5.41) is 12.1. The van der Waals surface area contributed by atoms with E-state index in [1.807, 2.05) is 0 Å². The first-order valence-electron chi connectivity index (χ1n) is 6.63. The number of halogens is 2. The molecule has 0 radical (unpaired) electrons. The van der Waals surface area contributed by atoms with Crippen LogP contribution in [-0.4, -0.2) is 23.5 Å². The van der Waals surface area contributed by atoms with E-state index in [1.165, 1.54) is 6.07 Å². The summed E-state index contributed by atoms with van der Waals surface area (Å²) in [6, 6.07) is 3.16. The number of nitrogens with one attached hydrogen (secondary N) is 1. The van der Waals surface area contributed by atoms with Gasteiger partial charge in [0.1, 0.15) is 0 Å². The Bertz CT molecular complexity index is 584. The number of hydrogen-bond donors (Lipinski definition) is 3. The van der Waals surface area contributed by atoms with Gasteiger partial charge in [-0.2, -0.15) is 0 Å². The molecule has 1 aliphatic rings. The van der Waals surface area contributed by atoms with Crippen molar-refractivity contribution in [2.45, 2.75) is 25.7 Å². The number of carbonyl (C=O) groups is 2. The van der Waals surface area contributed by atoms with E-state index in [-0.39, 0.29) is 23.7 Å². The Hall–Kier alpha value is -0.920. The number of benzene rings is 1. The highest BCUT2D eigenvalue weighted by molar-refractivity contribution is 9.11. The fourth-order valence-corrected chi connectivity index (χ4v) is 4.02. The number of nitrogens with two attached hydrogens (primary N) is 1. The molecule has 0 atom stereocenters. The summed E-state index contributed by atoms with van der Waals surface area (Å²) in [5.41, 5.74) is 5.52. The van der Waals surface area contributed by atoms with Crippen molar-refractivity contribution in [3.63, 3.8) is 0 Å². The van der Waals surface area contributed by atoms with Crippen LogP contribution in [0.1, 0.15) is 36.0 Å². The summed E-state index contributed by atoms with van der Waals surface area (Å²) >= 11 is 6.55. The first kappa shape index (κ1) is 16.5. The predicted molar refractivity (Wildman–Crippen MR) is 87.4 cm³/mol. The predicted octanol–water partition coefficient (Wildman–Crippen LogP) is 3.37. The molecule has 21 heavy (non-hydrogen) atoms. The monoisotopic (exact) mass is 418 g/mol. The second-order valence-corrected chi connectivity index (χ2v) is 7.03. The third-order valence-electron chi connectivity index (χ3n) is 3.96. The lowest BCUT2D eigenvalue weighted by Crippen LogP contribution is -2.40. The van der Waals surface area contributed by atoms with Gasteiger partial charge in [-0.05, 0) is 40.9 Å². The van der Waals surface area contributed by atoms with E-state index in [1.54, 1.807) is 6.07 Å². The summed E-state index contributed by atoms with van der Waals surface area (Å²) in [7, 11) is 0. The van der Waals surface area contributed by atoms with Gasteiger partial charge in [0.2, 0.25) is 5.91 Å². The molecular formula is C14H16Br2N2O3. The average Bonchev–Trinajstić information content (AvgIpc) is 2.91. The van der Waals surface area contributed by atoms with E-state index in [0.717, 1.165) is 25.7 Å². The van der Waals surface area contributed by atoms with Gasteiger partial charge in [-0.3, -0.25) is 4.79 Å². The minimum atomic E-state index is -1.10. The smallest absolute Gasteiger partial charge is 0.337 e. The number of anilines is 1. The molecule has 0 spiro atoms. The number of carboxylic acids is 1. The summed E-state index contributed by atoms with van der Waals surface area (Å²) in [6.07, 6.45) is 3.42. The zero-order valence-corrected chi connectivity index (χ0v) is 14.5. The lowest BCUT2D eigenvalue weighted by Gasteiger charge is -2.26. The molecule has 2 rings (SSSR count). The third-order valence-corrected chi connectivity index (χ3v) is 5.04. The van der Waals surface area contributed by atoms with E-state index in [2.05, 4.69) is 37.2 Å². The molecule has 0 aliphatic heterocycles. The number of aromatic carboxylic acids is 1. The average molecular weight is 420 g/mol. The molecule has 1 aliphatic carbocycles. The van der Waals surface area contributed by atoms with Crippen LogP contribution in [-0.2, 0) is 4.79 Å². The molecule has 1 amide bonds. The molecule has 0 unspecified atom stereocenters. The van der Waals surface area contributed by atoms with E-state index in [4.69, 9.17) is 5.73 Å². The van der Waals surface area contributed by atoms with Crippen LogP contribution in [0.3, 0.4) is 0 Å². The Balaban J connectivity index is 2.35. The number of amides is 1. The number of rotatable bonds is 4. The van der Waals surface area contributed by atoms with Crippen molar-refractivity contribution in [2.75, 3.05) is 11.9 Å². The summed E-state index contributed by atoms with van der Waals surface area (Å²) < 4.78 is 1.15. The SMILES string of the molecule is NCC1(C(=O)Nc2c(Br)cc(Br)cc2C(=O)O)CCCC1. The van der Waals surface area contributed by atoms with Crippen molar-refractivity contribution in [1.29, 1.82) is 0 Å². The molecular weight excluding hydrogens is 404 g/mol.